The lowest BCUT2D eigenvalue weighted by atomic mass is 9.87. The molecule has 0 spiro atoms. The first-order chi connectivity index (χ1) is 20.8. The van der Waals surface area contributed by atoms with Crippen LogP contribution in [0.2, 0.25) is 0 Å². The third kappa shape index (κ3) is 7.39. The molecule has 1 aliphatic carbocycles. The van der Waals surface area contributed by atoms with Crippen molar-refractivity contribution in [3.63, 3.8) is 0 Å². The van der Waals surface area contributed by atoms with Crippen LogP contribution in [-0.4, -0.2) is 68.6 Å². The zero-order valence-electron chi connectivity index (χ0n) is 26.1. The van der Waals surface area contributed by atoms with Crippen molar-refractivity contribution < 1.29 is 19.1 Å². The molecule has 0 atom stereocenters. The predicted molar refractivity (Wildman–Crippen MR) is 177 cm³/mol. The molecule has 0 saturated carbocycles. The minimum atomic E-state index is 0.0862. The quantitative estimate of drug-likeness (QED) is 0.250. The Balaban J connectivity index is 1.46. The van der Waals surface area contributed by atoms with E-state index in [4.69, 9.17) is 9.47 Å². The second kappa shape index (κ2) is 14.5. The summed E-state index contributed by atoms with van der Waals surface area (Å²) < 4.78 is 12.2. The summed E-state index contributed by atoms with van der Waals surface area (Å²) in [5.41, 5.74) is 9.11. The Morgan fingerprint density at radius 2 is 1.65 bits per heavy atom. The molecule has 0 aromatic heterocycles. The number of halogens is 1. The van der Waals surface area contributed by atoms with Crippen LogP contribution < -0.4 is 4.90 Å². The molecule has 2 fully saturated rings. The van der Waals surface area contributed by atoms with Crippen LogP contribution in [0.1, 0.15) is 74.4 Å². The molecule has 2 heterocycles. The molecule has 3 aliphatic rings. The number of Topliss-reactive ketones (excluding diaryl/α,β-unsaturated/α-hetero) is 2. The van der Waals surface area contributed by atoms with E-state index >= 15 is 0 Å². The van der Waals surface area contributed by atoms with Crippen LogP contribution in [0.3, 0.4) is 0 Å². The fraction of sp³-hybridized carbons (Fsp3) is 0.500. The normalized spacial score (nSPS) is 18.9. The number of ketones is 2. The molecule has 0 amide bonds. The van der Waals surface area contributed by atoms with Crippen molar-refractivity contribution in [2.45, 2.75) is 72.4 Å². The van der Waals surface area contributed by atoms with Crippen LogP contribution in [0.25, 0.3) is 11.1 Å². The fourth-order valence-corrected chi connectivity index (χ4v) is 7.06. The molecule has 7 heteroatoms. The summed E-state index contributed by atoms with van der Waals surface area (Å²) in [5.74, 6) is 0.217. The predicted octanol–water partition coefficient (Wildman–Crippen LogP) is 7.42. The molecule has 43 heavy (non-hydrogen) atoms. The van der Waals surface area contributed by atoms with E-state index in [9.17, 15) is 9.59 Å². The van der Waals surface area contributed by atoms with E-state index in [1.807, 2.05) is 13.8 Å². The fourth-order valence-electron chi connectivity index (χ4n) is 6.68. The minimum Gasteiger partial charge on any atom is -0.381 e. The molecule has 230 valence electrons. The Kier molecular flexibility index (Phi) is 10.7. The van der Waals surface area contributed by atoms with Crippen molar-refractivity contribution in [1.29, 1.82) is 0 Å². The van der Waals surface area contributed by atoms with Crippen LogP contribution in [0.4, 0.5) is 5.69 Å². The Labute approximate surface area is 265 Å². The molecular formula is C36H45BrN2O4. The SMILES string of the molecule is CCN(c1cc(-c2ccc(CN3CCOCC3)cc2)cc(C(=O)CCC2=C(C)C(Br)=C(C)CC2=O)c1C)C1CCOCC1. The zero-order chi connectivity index (χ0) is 30.5. The number of carbonyl (C=O) groups is 2. The number of hydrogen-bond donors (Lipinski definition) is 0. The first-order valence-electron chi connectivity index (χ1n) is 15.8. The number of morpholine rings is 1. The van der Waals surface area contributed by atoms with E-state index in [2.05, 4.69) is 76.0 Å². The average Bonchev–Trinajstić information content (AvgIpc) is 3.02. The summed E-state index contributed by atoms with van der Waals surface area (Å²) >= 11 is 3.65. The highest BCUT2D eigenvalue weighted by atomic mass is 79.9. The van der Waals surface area contributed by atoms with Crippen molar-refractivity contribution in [2.24, 2.45) is 0 Å². The van der Waals surface area contributed by atoms with Gasteiger partial charge in [0.15, 0.2) is 11.6 Å². The van der Waals surface area contributed by atoms with Gasteiger partial charge in [-0.15, -0.1) is 0 Å². The first kappa shape index (κ1) is 31.8. The van der Waals surface area contributed by atoms with E-state index in [1.54, 1.807) is 0 Å². The third-order valence-electron chi connectivity index (χ3n) is 9.28. The summed E-state index contributed by atoms with van der Waals surface area (Å²) in [6, 6.07) is 13.5. The highest BCUT2D eigenvalue weighted by Gasteiger charge is 2.26. The van der Waals surface area contributed by atoms with Crippen LogP contribution in [0.5, 0.6) is 0 Å². The van der Waals surface area contributed by atoms with Crippen molar-refractivity contribution in [3.05, 3.63) is 74.3 Å². The van der Waals surface area contributed by atoms with Gasteiger partial charge in [-0.05, 0) is 92.5 Å². The molecule has 2 aromatic carbocycles. The van der Waals surface area contributed by atoms with Gasteiger partial charge in [0.05, 0.1) is 13.2 Å². The van der Waals surface area contributed by atoms with Crippen molar-refractivity contribution in [2.75, 3.05) is 51.0 Å². The van der Waals surface area contributed by atoms with E-state index in [0.29, 0.717) is 25.3 Å². The van der Waals surface area contributed by atoms with E-state index in [0.717, 1.165) is 115 Å². The van der Waals surface area contributed by atoms with E-state index < -0.39 is 0 Å². The number of nitrogens with zero attached hydrogens (tertiary/aromatic N) is 2. The maximum Gasteiger partial charge on any atom is 0.163 e. The number of hydrogen-bond acceptors (Lipinski definition) is 6. The summed E-state index contributed by atoms with van der Waals surface area (Å²) in [4.78, 5) is 31.7. The van der Waals surface area contributed by atoms with Gasteiger partial charge < -0.3 is 14.4 Å². The van der Waals surface area contributed by atoms with Crippen LogP contribution in [0, 0.1) is 6.92 Å². The third-order valence-corrected chi connectivity index (χ3v) is 10.6. The van der Waals surface area contributed by atoms with Crippen LogP contribution in [-0.2, 0) is 20.8 Å². The second-order valence-corrected chi connectivity index (χ2v) is 12.9. The molecule has 0 bridgehead atoms. The molecule has 0 N–H and O–H groups in total. The summed E-state index contributed by atoms with van der Waals surface area (Å²) in [7, 11) is 0. The smallest absolute Gasteiger partial charge is 0.163 e. The van der Waals surface area contributed by atoms with Gasteiger partial charge >= 0.3 is 0 Å². The Morgan fingerprint density at radius 3 is 2.33 bits per heavy atom. The molecule has 2 saturated heterocycles. The lowest BCUT2D eigenvalue weighted by Crippen LogP contribution is -2.40. The molecule has 2 aromatic rings. The number of anilines is 1. The molecule has 5 rings (SSSR count). The maximum absolute atomic E-state index is 14.0. The van der Waals surface area contributed by atoms with Gasteiger partial charge in [0.2, 0.25) is 0 Å². The highest BCUT2D eigenvalue weighted by molar-refractivity contribution is 9.12. The highest BCUT2D eigenvalue weighted by Crippen LogP contribution is 2.37. The Bertz CT molecular complexity index is 1400. The van der Waals surface area contributed by atoms with Gasteiger partial charge in [-0.25, -0.2) is 0 Å². The molecular weight excluding hydrogens is 604 g/mol. The maximum atomic E-state index is 14.0. The lowest BCUT2D eigenvalue weighted by molar-refractivity contribution is -0.115. The number of ether oxygens (including phenoxy) is 2. The van der Waals surface area contributed by atoms with E-state index in [1.165, 1.54) is 5.56 Å². The average molecular weight is 650 g/mol. The standard InChI is InChI=1S/C36H45BrN2O4/c1-5-39(30-12-16-42-17-13-30)33-22-29(28-8-6-27(7-9-28)23-38-14-18-43-19-15-38)21-32(25(33)3)34(40)11-10-31-26(4)36(37)24(2)20-35(31)41/h6-9,21-22,30H,5,10-20,23H2,1-4H3. The number of carbonyl (C=O) groups excluding carboxylic acids is 2. The minimum absolute atomic E-state index is 0.0862. The summed E-state index contributed by atoms with van der Waals surface area (Å²) in [5, 5.41) is 0. The largest absolute Gasteiger partial charge is 0.381 e. The van der Waals surface area contributed by atoms with Crippen molar-refractivity contribution in [1.82, 2.24) is 4.90 Å². The lowest BCUT2D eigenvalue weighted by Gasteiger charge is -2.37. The zero-order valence-corrected chi connectivity index (χ0v) is 27.7. The van der Waals surface area contributed by atoms with Gasteiger partial charge in [-0.3, -0.25) is 14.5 Å². The molecule has 2 aliphatic heterocycles. The molecule has 0 unspecified atom stereocenters. The van der Waals surface area contributed by atoms with E-state index in [-0.39, 0.29) is 11.6 Å². The van der Waals surface area contributed by atoms with Gasteiger partial charge in [-0.2, -0.15) is 0 Å². The van der Waals surface area contributed by atoms with Gasteiger partial charge in [0.1, 0.15) is 0 Å². The Hall–Kier alpha value is -2.58. The monoisotopic (exact) mass is 648 g/mol. The number of rotatable bonds is 10. The van der Waals surface area contributed by atoms with Gasteiger partial charge in [-0.1, -0.05) is 45.8 Å². The van der Waals surface area contributed by atoms with Gasteiger partial charge in [0, 0.05) is 74.0 Å². The van der Waals surface area contributed by atoms with Crippen LogP contribution >= 0.6 is 15.9 Å². The summed E-state index contributed by atoms with van der Waals surface area (Å²) in [6.07, 6.45) is 3.14. The van der Waals surface area contributed by atoms with Crippen molar-refractivity contribution in [3.8, 4) is 11.1 Å². The van der Waals surface area contributed by atoms with Crippen molar-refractivity contribution >= 4 is 33.2 Å². The van der Waals surface area contributed by atoms with Gasteiger partial charge in [0.25, 0.3) is 0 Å². The number of benzene rings is 2. The second-order valence-electron chi connectivity index (χ2n) is 12.1. The Morgan fingerprint density at radius 1 is 0.977 bits per heavy atom. The molecule has 6 nitrogen and oxygen atoms in total. The molecule has 0 radical (unpaired) electrons. The number of allylic oxidation sites excluding steroid dienone is 4. The summed E-state index contributed by atoms with van der Waals surface area (Å²) in [6.45, 7) is 15.1. The van der Waals surface area contributed by atoms with Crippen LogP contribution in [0.15, 0.2) is 57.6 Å². The topological polar surface area (TPSA) is 59.1 Å². The first-order valence-corrected chi connectivity index (χ1v) is 16.6.